The number of fused-ring (bicyclic) bond motifs is 1. The number of aliphatic carboxylic acids is 1. The van der Waals surface area contributed by atoms with Gasteiger partial charge in [0.25, 0.3) is 0 Å². The lowest BCUT2D eigenvalue weighted by molar-refractivity contribution is -0.142. The molecule has 3 rings (SSSR count). The molecule has 6 N–H and O–H groups in total. The Bertz CT molecular complexity index is 1250. The molecule has 0 radical (unpaired) electrons. The number of hydrogen-bond acceptors (Lipinski definition) is 7. The molecule has 1 heterocycles. The van der Waals surface area contributed by atoms with Crippen LogP contribution < -0.4 is 16.4 Å². The first-order chi connectivity index (χ1) is 19.2. The van der Waals surface area contributed by atoms with E-state index in [0.29, 0.717) is 31.0 Å². The third-order valence-corrected chi connectivity index (χ3v) is 7.78. The van der Waals surface area contributed by atoms with Crippen LogP contribution >= 0.6 is 11.8 Å². The summed E-state index contributed by atoms with van der Waals surface area (Å²) in [6.07, 6.45) is 6.03. The zero-order valence-electron chi connectivity index (χ0n) is 23.3. The molecule has 0 saturated heterocycles. The predicted octanol–water partition coefficient (Wildman–Crippen LogP) is 2.92. The molecule has 0 unspecified atom stereocenters. The first-order valence-corrected chi connectivity index (χ1v) is 14.9. The summed E-state index contributed by atoms with van der Waals surface area (Å²) in [5, 5.41) is 17.5. The van der Waals surface area contributed by atoms with Gasteiger partial charge in [-0.1, -0.05) is 62.7 Å². The molecule has 0 fully saturated rings. The molecule has 0 aliphatic carbocycles. The van der Waals surface area contributed by atoms with Gasteiger partial charge >= 0.3 is 5.97 Å². The van der Waals surface area contributed by atoms with Gasteiger partial charge in [0.15, 0.2) is 0 Å². The number of thioether (sulfide) groups is 1. The first kappa shape index (κ1) is 31.1. The molecular weight excluding hydrogens is 528 g/mol. The first-order valence-electron chi connectivity index (χ1n) is 13.5. The Morgan fingerprint density at radius 2 is 1.90 bits per heavy atom. The molecule has 0 saturated carbocycles. The molecule has 1 aromatic heterocycles. The number of carbonyl (C=O) groups is 3. The summed E-state index contributed by atoms with van der Waals surface area (Å²) >= 11 is 1.53. The molecule has 0 aliphatic rings. The third-order valence-electron chi connectivity index (χ3n) is 7.14. The Hall–Kier alpha value is -3.41. The highest BCUT2D eigenvalue weighted by atomic mass is 32.2. The number of hydrogen-bond donors (Lipinski definition) is 5. The second-order valence-electron chi connectivity index (χ2n) is 10.0. The van der Waals surface area contributed by atoms with Crippen molar-refractivity contribution < 1.29 is 19.5 Å². The molecule has 2 amide bonds. The van der Waals surface area contributed by atoms with Crippen LogP contribution in [0.2, 0.25) is 0 Å². The van der Waals surface area contributed by atoms with Gasteiger partial charge in [0, 0.05) is 19.1 Å². The molecule has 4 atom stereocenters. The van der Waals surface area contributed by atoms with Crippen LogP contribution in [0.5, 0.6) is 0 Å². The van der Waals surface area contributed by atoms with Crippen molar-refractivity contribution in [3.8, 4) is 0 Å². The fourth-order valence-corrected chi connectivity index (χ4v) is 5.04. The highest BCUT2D eigenvalue weighted by Gasteiger charge is 2.27. The van der Waals surface area contributed by atoms with E-state index in [-0.39, 0.29) is 30.3 Å². The van der Waals surface area contributed by atoms with E-state index in [1.807, 2.05) is 67.5 Å². The van der Waals surface area contributed by atoms with E-state index in [0.717, 1.165) is 22.8 Å². The van der Waals surface area contributed by atoms with Crippen LogP contribution in [-0.4, -0.2) is 74.9 Å². The van der Waals surface area contributed by atoms with Crippen molar-refractivity contribution in [1.82, 2.24) is 25.5 Å². The molecule has 11 heteroatoms. The highest BCUT2D eigenvalue weighted by Crippen LogP contribution is 2.21. The molecule has 40 heavy (non-hydrogen) atoms. The summed E-state index contributed by atoms with van der Waals surface area (Å²) in [6.45, 7) is 4.87. The highest BCUT2D eigenvalue weighted by molar-refractivity contribution is 7.98. The third kappa shape index (κ3) is 8.80. The minimum Gasteiger partial charge on any atom is -0.480 e. The van der Waals surface area contributed by atoms with E-state index in [1.54, 1.807) is 0 Å². The average molecular weight is 569 g/mol. The summed E-state index contributed by atoms with van der Waals surface area (Å²) in [4.78, 5) is 46.8. The summed E-state index contributed by atoms with van der Waals surface area (Å²) in [5.74, 6) is -1.07. The van der Waals surface area contributed by atoms with E-state index in [2.05, 4.69) is 20.6 Å². The lowest BCUT2D eigenvalue weighted by Gasteiger charge is -2.32. The van der Waals surface area contributed by atoms with Crippen LogP contribution in [-0.2, 0) is 20.9 Å². The van der Waals surface area contributed by atoms with Crippen LogP contribution in [0.4, 0.5) is 0 Å². The number of benzene rings is 2. The maximum absolute atomic E-state index is 13.2. The topological polar surface area (TPSA) is 153 Å². The van der Waals surface area contributed by atoms with E-state index < -0.39 is 18.1 Å². The maximum atomic E-state index is 13.2. The fraction of sp³-hybridized carbons (Fsp3) is 0.448. The Morgan fingerprint density at radius 3 is 2.58 bits per heavy atom. The van der Waals surface area contributed by atoms with E-state index in [1.165, 1.54) is 24.3 Å². The maximum Gasteiger partial charge on any atom is 0.326 e. The summed E-state index contributed by atoms with van der Waals surface area (Å²) in [5.41, 5.74) is 7.72. The predicted molar refractivity (Wildman–Crippen MR) is 159 cm³/mol. The van der Waals surface area contributed by atoms with Gasteiger partial charge in [0.05, 0.1) is 24.8 Å². The van der Waals surface area contributed by atoms with E-state index >= 15 is 0 Å². The number of aromatic amines is 1. The number of H-pyrrole nitrogens is 1. The quantitative estimate of drug-likeness (QED) is 0.177. The number of nitrogens with zero attached hydrogens (tertiary/aromatic N) is 2. The Kier molecular flexibility index (Phi) is 12.0. The van der Waals surface area contributed by atoms with Crippen molar-refractivity contribution in [3.05, 3.63) is 66.2 Å². The Balaban J connectivity index is 1.84. The summed E-state index contributed by atoms with van der Waals surface area (Å²) < 4.78 is 0. The molecule has 3 aromatic rings. The van der Waals surface area contributed by atoms with Crippen molar-refractivity contribution in [2.45, 2.75) is 51.4 Å². The van der Waals surface area contributed by atoms with Crippen LogP contribution in [0.3, 0.4) is 0 Å². The summed E-state index contributed by atoms with van der Waals surface area (Å²) in [7, 11) is 0. The second kappa shape index (κ2) is 15.4. The lowest BCUT2D eigenvalue weighted by Crippen LogP contribution is -2.52. The van der Waals surface area contributed by atoms with Gasteiger partial charge in [-0.3, -0.25) is 14.5 Å². The number of rotatable bonds is 16. The molecule has 2 aromatic carbocycles. The molecule has 0 spiro atoms. The van der Waals surface area contributed by atoms with Crippen LogP contribution in [0.1, 0.15) is 44.0 Å². The van der Waals surface area contributed by atoms with E-state index in [4.69, 9.17) is 5.73 Å². The zero-order chi connectivity index (χ0) is 29.1. The van der Waals surface area contributed by atoms with Crippen LogP contribution in [0.15, 0.2) is 55.0 Å². The van der Waals surface area contributed by atoms with Crippen molar-refractivity contribution in [3.63, 3.8) is 0 Å². The summed E-state index contributed by atoms with van der Waals surface area (Å²) in [6, 6.07) is 11.9. The second-order valence-corrected chi connectivity index (χ2v) is 11.0. The number of carbonyl (C=O) groups excluding carboxylic acids is 2. The number of carboxylic acids is 1. The van der Waals surface area contributed by atoms with E-state index in [9.17, 15) is 19.5 Å². The Labute approximate surface area is 239 Å². The van der Waals surface area contributed by atoms with Gasteiger partial charge in [-0.2, -0.15) is 11.8 Å². The fourth-order valence-electron chi connectivity index (χ4n) is 4.57. The normalized spacial score (nSPS) is 14.4. The number of carboxylic acid groups (broad SMARTS) is 1. The van der Waals surface area contributed by atoms with Gasteiger partial charge in [-0.05, 0) is 40.7 Å². The molecular formula is C29H40N6O4S. The minimum absolute atomic E-state index is 0.0261. The van der Waals surface area contributed by atoms with Gasteiger partial charge in [0.1, 0.15) is 12.1 Å². The standard InChI is InChI=1S/C29H40N6O4S/c1-4-19(2)25(34-28(37)27(30)24-14-31-18-32-24)16-35(17-26(36)33-23(29(38)39)12-13-40-3)15-21-10-7-9-20-8-5-6-11-22(20)21/h5-11,14,18-19,23,25,27H,4,12-13,15-17,30H2,1-3H3,(H,31,32)(H,33,36)(H,34,37)(H,38,39)/t19-,23-,25+,27-/m0/s1. The lowest BCUT2D eigenvalue weighted by atomic mass is 9.97. The molecule has 10 nitrogen and oxygen atoms in total. The van der Waals surface area contributed by atoms with Crippen molar-refractivity contribution in [1.29, 1.82) is 0 Å². The largest absolute Gasteiger partial charge is 0.480 e. The van der Waals surface area contributed by atoms with Gasteiger partial charge in [-0.15, -0.1) is 0 Å². The van der Waals surface area contributed by atoms with Crippen molar-refractivity contribution in [2.75, 3.05) is 25.1 Å². The number of imidazole rings is 1. The molecule has 216 valence electrons. The average Bonchev–Trinajstić information content (AvgIpc) is 3.49. The number of amides is 2. The number of nitrogens with two attached hydrogens (primary N) is 1. The van der Waals surface area contributed by atoms with Crippen LogP contribution in [0.25, 0.3) is 10.8 Å². The number of aromatic nitrogens is 2. The smallest absolute Gasteiger partial charge is 0.326 e. The number of nitrogens with one attached hydrogen (secondary N) is 3. The van der Waals surface area contributed by atoms with Gasteiger partial charge in [-0.25, -0.2) is 9.78 Å². The van der Waals surface area contributed by atoms with Crippen molar-refractivity contribution >= 4 is 40.3 Å². The van der Waals surface area contributed by atoms with Crippen molar-refractivity contribution in [2.24, 2.45) is 11.7 Å². The monoisotopic (exact) mass is 568 g/mol. The van der Waals surface area contributed by atoms with Gasteiger partial charge in [0.2, 0.25) is 11.8 Å². The molecule has 0 aliphatic heterocycles. The zero-order valence-corrected chi connectivity index (χ0v) is 24.1. The minimum atomic E-state index is -1.06. The SMILES string of the molecule is CC[C@H](C)[C@@H](CN(CC(=O)N[C@@H](CCSC)C(=O)O)Cc1cccc2ccccc12)NC(=O)[C@@H](N)c1cnc[nH]1. The molecule has 0 bridgehead atoms. The Morgan fingerprint density at radius 1 is 1.15 bits per heavy atom. The van der Waals surface area contributed by atoms with Gasteiger partial charge < -0.3 is 26.5 Å². The van der Waals surface area contributed by atoms with Crippen LogP contribution in [0, 0.1) is 5.92 Å².